The number of nitrogens with one attached hydrogen (secondary N) is 1. The molecule has 8 heteroatoms. The van der Waals surface area contributed by atoms with Gasteiger partial charge in [-0.25, -0.2) is 8.42 Å². The van der Waals surface area contributed by atoms with Crippen molar-refractivity contribution >= 4 is 27.3 Å². The molecule has 7 nitrogen and oxygen atoms in total. The highest BCUT2D eigenvalue weighted by molar-refractivity contribution is 7.92. The minimum absolute atomic E-state index is 0.233. The molecule has 1 saturated heterocycles. The number of hydrogen-bond donors (Lipinski definition) is 1. The third-order valence-electron chi connectivity index (χ3n) is 4.66. The SMILES string of the molecule is CN(c1cccc(NC(=O)c2cccc(CN3CCOCC3)c2)c1)S(C)(=O)=O. The van der Waals surface area contributed by atoms with Gasteiger partial charge in [0.2, 0.25) is 10.0 Å². The van der Waals surface area contributed by atoms with E-state index in [2.05, 4.69) is 10.2 Å². The third kappa shape index (κ3) is 5.31. The van der Waals surface area contributed by atoms with Crippen molar-refractivity contribution in [1.29, 1.82) is 0 Å². The zero-order valence-electron chi connectivity index (χ0n) is 16.1. The molecule has 0 saturated carbocycles. The van der Waals surface area contributed by atoms with Crippen molar-refractivity contribution in [2.24, 2.45) is 0 Å². The van der Waals surface area contributed by atoms with E-state index in [1.54, 1.807) is 30.3 Å². The Balaban J connectivity index is 1.70. The van der Waals surface area contributed by atoms with Gasteiger partial charge in [0.05, 0.1) is 25.2 Å². The van der Waals surface area contributed by atoms with Crippen LogP contribution in [-0.4, -0.2) is 58.8 Å². The lowest BCUT2D eigenvalue weighted by molar-refractivity contribution is 0.0342. The minimum atomic E-state index is -3.37. The number of ether oxygens (including phenoxy) is 1. The Morgan fingerprint density at radius 3 is 2.57 bits per heavy atom. The molecule has 0 unspecified atom stereocenters. The van der Waals surface area contributed by atoms with E-state index in [4.69, 9.17) is 4.74 Å². The van der Waals surface area contributed by atoms with Crippen LogP contribution in [0, 0.1) is 0 Å². The molecule has 0 atom stereocenters. The maximum Gasteiger partial charge on any atom is 0.255 e. The summed E-state index contributed by atoms with van der Waals surface area (Å²) in [5.74, 6) is -0.233. The summed E-state index contributed by atoms with van der Waals surface area (Å²) < 4.78 is 30.0. The summed E-state index contributed by atoms with van der Waals surface area (Å²) >= 11 is 0. The molecule has 28 heavy (non-hydrogen) atoms. The molecule has 0 aromatic heterocycles. The molecule has 1 amide bonds. The number of morpholine rings is 1. The Hall–Kier alpha value is -2.42. The Morgan fingerprint density at radius 1 is 1.14 bits per heavy atom. The predicted octanol–water partition coefficient (Wildman–Crippen LogP) is 2.17. The highest BCUT2D eigenvalue weighted by atomic mass is 32.2. The van der Waals surface area contributed by atoms with Crippen molar-refractivity contribution < 1.29 is 17.9 Å². The zero-order valence-corrected chi connectivity index (χ0v) is 16.9. The molecule has 150 valence electrons. The number of carbonyl (C=O) groups excluding carboxylic acids is 1. The highest BCUT2D eigenvalue weighted by Crippen LogP contribution is 2.21. The lowest BCUT2D eigenvalue weighted by Crippen LogP contribution is -2.35. The number of amides is 1. The first kappa shape index (κ1) is 20.3. The number of rotatable bonds is 6. The number of nitrogens with zero attached hydrogens (tertiary/aromatic N) is 2. The lowest BCUT2D eigenvalue weighted by Gasteiger charge is -2.26. The Labute approximate surface area is 166 Å². The maximum absolute atomic E-state index is 12.7. The molecule has 2 aromatic carbocycles. The van der Waals surface area contributed by atoms with Crippen LogP contribution in [0.4, 0.5) is 11.4 Å². The van der Waals surface area contributed by atoms with Crippen LogP contribution in [0.15, 0.2) is 48.5 Å². The molecular weight excluding hydrogens is 378 g/mol. The summed E-state index contributed by atoms with van der Waals surface area (Å²) in [6, 6.07) is 14.3. The van der Waals surface area contributed by atoms with Gasteiger partial charge in [-0.1, -0.05) is 18.2 Å². The number of carbonyl (C=O) groups is 1. The Morgan fingerprint density at radius 2 is 1.86 bits per heavy atom. The van der Waals surface area contributed by atoms with Crippen molar-refractivity contribution in [3.05, 3.63) is 59.7 Å². The topological polar surface area (TPSA) is 79.0 Å². The molecule has 0 spiro atoms. The molecule has 1 heterocycles. The third-order valence-corrected chi connectivity index (χ3v) is 5.87. The van der Waals surface area contributed by atoms with Gasteiger partial charge in [0.25, 0.3) is 5.91 Å². The van der Waals surface area contributed by atoms with Crippen molar-refractivity contribution in [2.75, 3.05) is 49.2 Å². The second-order valence-corrected chi connectivity index (χ2v) is 8.84. The Bertz CT molecular complexity index is 940. The average Bonchev–Trinajstić information content (AvgIpc) is 2.68. The van der Waals surface area contributed by atoms with E-state index in [1.807, 2.05) is 18.2 Å². The van der Waals surface area contributed by atoms with Gasteiger partial charge in [0.15, 0.2) is 0 Å². The lowest BCUT2D eigenvalue weighted by atomic mass is 10.1. The van der Waals surface area contributed by atoms with Crippen molar-refractivity contribution in [3.63, 3.8) is 0 Å². The smallest absolute Gasteiger partial charge is 0.255 e. The average molecular weight is 404 g/mol. The molecule has 1 aliphatic rings. The van der Waals surface area contributed by atoms with E-state index in [9.17, 15) is 13.2 Å². The summed E-state index contributed by atoms with van der Waals surface area (Å²) in [6.45, 7) is 4.02. The van der Waals surface area contributed by atoms with Crippen molar-refractivity contribution in [2.45, 2.75) is 6.54 Å². The van der Waals surface area contributed by atoms with E-state index in [1.165, 1.54) is 11.4 Å². The van der Waals surface area contributed by atoms with Gasteiger partial charge < -0.3 is 10.1 Å². The molecule has 0 radical (unpaired) electrons. The highest BCUT2D eigenvalue weighted by Gasteiger charge is 2.14. The fraction of sp³-hybridized carbons (Fsp3) is 0.350. The first-order valence-electron chi connectivity index (χ1n) is 9.07. The van der Waals surface area contributed by atoms with Crippen LogP contribution in [0.25, 0.3) is 0 Å². The molecule has 2 aromatic rings. The van der Waals surface area contributed by atoms with Crippen LogP contribution in [0.5, 0.6) is 0 Å². The molecule has 0 bridgehead atoms. The van der Waals surface area contributed by atoms with Crippen LogP contribution in [-0.2, 0) is 21.3 Å². The van der Waals surface area contributed by atoms with Gasteiger partial charge in [0, 0.05) is 37.9 Å². The number of hydrogen-bond acceptors (Lipinski definition) is 5. The van der Waals surface area contributed by atoms with Crippen molar-refractivity contribution in [1.82, 2.24) is 4.90 Å². The van der Waals surface area contributed by atoms with Gasteiger partial charge >= 0.3 is 0 Å². The molecular formula is C20H25N3O4S. The summed E-state index contributed by atoms with van der Waals surface area (Å²) in [7, 11) is -1.89. The van der Waals surface area contributed by atoms with Crippen LogP contribution in [0.1, 0.15) is 15.9 Å². The van der Waals surface area contributed by atoms with Gasteiger partial charge in [-0.2, -0.15) is 0 Å². The fourth-order valence-corrected chi connectivity index (χ4v) is 3.50. The van der Waals surface area contributed by atoms with Crippen LogP contribution in [0.2, 0.25) is 0 Å². The standard InChI is InChI=1S/C20H25N3O4S/c1-22(28(2,25)26)19-8-4-7-18(14-19)21-20(24)17-6-3-5-16(13-17)15-23-9-11-27-12-10-23/h3-8,13-14H,9-12,15H2,1-2H3,(H,21,24). The van der Waals surface area contributed by atoms with E-state index in [0.29, 0.717) is 16.9 Å². The zero-order chi connectivity index (χ0) is 20.1. The largest absolute Gasteiger partial charge is 0.379 e. The van der Waals surface area contributed by atoms with E-state index < -0.39 is 10.0 Å². The first-order valence-corrected chi connectivity index (χ1v) is 10.9. The minimum Gasteiger partial charge on any atom is -0.379 e. The predicted molar refractivity (Wildman–Crippen MR) is 110 cm³/mol. The maximum atomic E-state index is 12.7. The summed E-state index contributed by atoms with van der Waals surface area (Å²) in [5.41, 5.74) is 2.66. The second kappa shape index (κ2) is 8.72. The van der Waals surface area contributed by atoms with E-state index in [0.717, 1.165) is 44.7 Å². The van der Waals surface area contributed by atoms with Crippen molar-refractivity contribution in [3.8, 4) is 0 Å². The van der Waals surface area contributed by atoms with Gasteiger partial charge in [-0.05, 0) is 35.9 Å². The molecule has 1 N–H and O–H groups in total. The van der Waals surface area contributed by atoms with Gasteiger partial charge in [-0.15, -0.1) is 0 Å². The van der Waals surface area contributed by atoms with E-state index in [-0.39, 0.29) is 5.91 Å². The molecule has 0 aliphatic carbocycles. The van der Waals surface area contributed by atoms with Gasteiger partial charge in [0.1, 0.15) is 0 Å². The summed E-state index contributed by atoms with van der Waals surface area (Å²) in [6.07, 6.45) is 1.14. The number of anilines is 2. The molecule has 1 fully saturated rings. The number of benzene rings is 2. The monoisotopic (exact) mass is 403 g/mol. The Kier molecular flexibility index (Phi) is 6.33. The molecule has 1 aliphatic heterocycles. The van der Waals surface area contributed by atoms with E-state index >= 15 is 0 Å². The normalized spacial score (nSPS) is 15.2. The quantitative estimate of drug-likeness (QED) is 0.800. The summed E-state index contributed by atoms with van der Waals surface area (Å²) in [4.78, 5) is 15.0. The second-order valence-electron chi connectivity index (χ2n) is 6.82. The number of sulfonamides is 1. The summed E-state index contributed by atoms with van der Waals surface area (Å²) in [5, 5.41) is 2.84. The van der Waals surface area contributed by atoms with Crippen LogP contribution < -0.4 is 9.62 Å². The fourth-order valence-electron chi connectivity index (χ4n) is 3.00. The molecule has 3 rings (SSSR count). The van der Waals surface area contributed by atoms with Crippen LogP contribution >= 0.6 is 0 Å². The first-order chi connectivity index (χ1) is 13.3. The van der Waals surface area contributed by atoms with Gasteiger partial charge in [-0.3, -0.25) is 14.0 Å². The van der Waals surface area contributed by atoms with Crippen LogP contribution in [0.3, 0.4) is 0 Å².